The van der Waals surface area contributed by atoms with E-state index in [1.54, 1.807) is 18.6 Å². The van der Waals surface area contributed by atoms with Gasteiger partial charge in [0.05, 0.1) is 17.3 Å². The van der Waals surface area contributed by atoms with Crippen LogP contribution >= 0.6 is 0 Å². The summed E-state index contributed by atoms with van der Waals surface area (Å²) in [4.78, 5) is 29.3. The normalized spacial score (nSPS) is 11.9. The fourth-order valence-corrected chi connectivity index (χ4v) is 3.00. The van der Waals surface area contributed by atoms with Gasteiger partial charge in [-0.15, -0.1) is 0 Å². The van der Waals surface area contributed by atoms with Crippen molar-refractivity contribution in [3.05, 3.63) is 90.0 Å². The minimum absolute atomic E-state index is 0.0127. The number of fused-ring (bicyclic) bond motifs is 1. The molecule has 0 saturated carbocycles. The van der Waals surface area contributed by atoms with Crippen LogP contribution in [-0.2, 0) is 0 Å². The van der Waals surface area contributed by atoms with E-state index in [2.05, 4.69) is 25.3 Å². The van der Waals surface area contributed by atoms with Crippen LogP contribution in [-0.4, -0.2) is 25.8 Å². The molecule has 0 saturated heterocycles. The molecule has 0 aliphatic carbocycles. The molecule has 1 atom stereocenters. The average Bonchev–Trinajstić information content (AvgIpc) is 2.74. The second kappa shape index (κ2) is 7.48. The van der Waals surface area contributed by atoms with Gasteiger partial charge in [0.15, 0.2) is 0 Å². The van der Waals surface area contributed by atoms with Crippen molar-refractivity contribution in [2.45, 2.75) is 12.8 Å². The van der Waals surface area contributed by atoms with Crippen LogP contribution in [0.4, 0.5) is 10.2 Å². The van der Waals surface area contributed by atoms with Gasteiger partial charge in [0.1, 0.15) is 18.0 Å². The van der Waals surface area contributed by atoms with E-state index >= 15 is 0 Å². The summed E-state index contributed by atoms with van der Waals surface area (Å²) in [5.74, 6) is -0.570. The van der Waals surface area contributed by atoms with Crippen molar-refractivity contribution in [2.75, 3.05) is 5.32 Å². The molecule has 0 spiro atoms. The molecule has 0 radical (unpaired) electrons. The SMILES string of the molecule is CC(c1cncnc1)c1cc(C(=O)Nc2ccc(F)cn2)c2ncccc2c1. The Bertz CT molecular complexity index is 1130. The van der Waals surface area contributed by atoms with Gasteiger partial charge in [-0.1, -0.05) is 13.0 Å². The lowest BCUT2D eigenvalue weighted by molar-refractivity contribution is 0.102. The molecule has 0 bridgehead atoms. The summed E-state index contributed by atoms with van der Waals surface area (Å²) in [6.07, 6.45) is 7.69. The first-order chi connectivity index (χ1) is 13.6. The zero-order chi connectivity index (χ0) is 19.5. The minimum atomic E-state index is -0.467. The molecule has 0 aliphatic rings. The lowest BCUT2D eigenvalue weighted by atomic mass is 9.92. The third kappa shape index (κ3) is 3.55. The number of pyridine rings is 2. The number of hydrogen-bond donors (Lipinski definition) is 1. The molecule has 1 aromatic carbocycles. The topological polar surface area (TPSA) is 80.7 Å². The highest BCUT2D eigenvalue weighted by Gasteiger charge is 2.17. The summed E-state index contributed by atoms with van der Waals surface area (Å²) in [6, 6.07) is 10.2. The first-order valence-corrected chi connectivity index (χ1v) is 8.68. The number of nitrogens with zero attached hydrogens (tertiary/aromatic N) is 4. The smallest absolute Gasteiger partial charge is 0.259 e. The Morgan fingerprint density at radius 2 is 1.86 bits per heavy atom. The monoisotopic (exact) mass is 373 g/mol. The summed E-state index contributed by atoms with van der Waals surface area (Å²) < 4.78 is 13.1. The van der Waals surface area contributed by atoms with Crippen LogP contribution < -0.4 is 5.32 Å². The number of rotatable bonds is 4. The lowest BCUT2D eigenvalue weighted by Gasteiger charge is -2.15. The quantitative estimate of drug-likeness (QED) is 0.586. The van der Waals surface area contributed by atoms with Crippen molar-refractivity contribution >= 4 is 22.6 Å². The van der Waals surface area contributed by atoms with Crippen molar-refractivity contribution < 1.29 is 9.18 Å². The van der Waals surface area contributed by atoms with Crippen molar-refractivity contribution in [1.82, 2.24) is 19.9 Å². The maximum absolute atomic E-state index is 13.1. The molecule has 6 nitrogen and oxygen atoms in total. The first kappa shape index (κ1) is 17.7. The minimum Gasteiger partial charge on any atom is -0.306 e. The van der Waals surface area contributed by atoms with E-state index in [9.17, 15) is 9.18 Å². The highest BCUT2D eigenvalue weighted by molar-refractivity contribution is 6.11. The Morgan fingerprint density at radius 1 is 1.04 bits per heavy atom. The molecule has 4 aromatic rings. The summed E-state index contributed by atoms with van der Waals surface area (Å²) in [6.45, 7) is 2.03. The molecule has 4 rings (SSSR count). The van der Waals surface area contributed by atoms with Gasteiger partial charge in [-0.2, -0.15) is 0 Å². The van der Waals surface area contributed by atoms with Crippen molar-refractivity contribution in [1.29, 1.82) is 0 Å². The number of nitrogens with one attached hydrogen (secondary N) is 1. The van der Waals surface area contributed by atoms with E-state index in [0.29, 0.717) is 11.1 Å². The Morgan fingerprint density at radius 3 is 2.61 bits per heavy atom. The van der Waals surface area contributed by atoms with Gasteiger partial charge in [0, 0.05) is 29.9 Å². The predicted octanol–water partition coefficient (Wildman–Crippen LogP) is 3.96. The maximum Gasteiger partial charge on any atom is 0.259 e. The van der Waals surface area contributed by atoms with Gasteiger partial charge >= 0.3 is 0 Å². The number of aromatic nitrogens is 4. The van der Waals surface area contributed by atoms with Gasteiger partial charge in [0.2, 0.25) is 0 Å². The van der Waals surface area contributed by atoms with Gasteiger partial charge in [0.25, 0.3) is 5.91 Å². The Balaban J connectivity index is 1.76. The van der Waals surface area contributed by atoms with Gasteiger partial charge in [-0.25, -0.2) is 19.3 Å². The van der Waals surface area contributed by atoms with E-state index in [4.69, 9.17) is 0 Å². The molecule has 1 unspecified atom stereocenters. The number of halogens is 1. The number of hydrogen-bond acceptors (Lipinski definition) is 5. The molecule has 138 valence electrons. The van der Waals surface area contributed by atoms with E-state index in [1.165, 1.54) is 18.5 Å². The van der Waals surface area contributed by atoms with E-state index in [0.717, 1.165) is 22.7 Å². The summed E-state index contributed by atoms with van der Waals surface area (Å²) in [7, 11) is 0. The van der Waals surface area contributed by atoms with Crippen LogP contribution in [0.1, 0.15) is 34.3 Å². The van der Waals surface area contributed by atoms with Crippen LogP contribution in [0.25, 0.3) is 10.9 Å². The van der Waals surface area contributed by atoms with Gasteiger partial charge in [-0.3, -0.25) is 9.78 Å². The second-order valence-corrected chi connectivity index (χ2v) is 6.35. The molecule has 3 heterocycles. The third-order valence-electron chi connectivity index (χ3n) is 4.52. The molecule has 28 heavy (non-hydrogen) atoms. The third-order valence-corrected chi connectivity index (χ3v) is 4.52. The van der Waals surface area contributed by atoms with E-state index in [1.807, 2.05) is 31.2 Å². The molecule has 0 fully saturated rings. The average molecular weight is 373 g/mol. The maximum atomic E-state index is 13.1. The summed E-state index contributed by atoms with van der Waals surface area (Å²) >= 11 is 0. The number of carbonyl (C=O) groups is 1. The molecular weight excluding hydrogens is 357 g/mol. The van der Waals surface area contributed by atoms with Gasteiger partial charge < -0.3 is 5.32 Å². The predicted molar refractivity (Wildman–Crippen MR) is 103 cm³/mol. The Hall–Kier alpha value is -3.74. The van der Waals surface area contributed by atoms with Crippen molar-refractivity contribution in [2.24, 2.45) is 0 Å². The fraction of sp³-hybridized carbons (Fsp3) is 0.0952. The lowest BCUT2D eigenvalue weighted by Crippen LogP contribution is -2.14. The standard InChI is InChI=1S/C21H16FN5O/c1-13(16-9-23-12-24-10-16)15-7-14-3-2-6-25-20(14)18(8-15)21(28)27-19-5-4-17(22)11-26-19/h2-13H,1H3,(H,26,27,28). The molecule has 0 aliphatic heterocycles. The summed E-state index contributed by atoms with van der Waals surface area (Å²) in [5.41, 5.74) is 2.88. The fourth-order valence-electron chi connectivity index (χ4n) is 3.00. The zero-order valence-corrected chi connectivity index (χ0v) is 15.0. The molecule has 7 heteroatoms. The van der Waals surface area contributed by atoms with Crippen LogP contribution in [0, 0.1) is 5.82 Å². The molecule has 1 amide bonds. The molecular formula is C21H16FN5O. The number of anilines is 1. The van der Waals surface area contributed by atoms with Crippen LogP contribution in [0.3, 0.4) is 0 Å². The highest BCUT2D eigenvalue weighted by atomic mass is 19.1. The number of benzene rings is 1. The van der Waals surface area contributed by atoms with Crippen LogP contribution in [0.5, 0.6) is 0 Å². The first-order valence-electron chi connectivity index (χ1n) is 8.68. The second-order valence-electron chi connectivity index (χ2n) is 6.35. The van der Waals surface area contributed by atoms with E-state index in [-0.39, 0.29) is 17.6 Å². The summed E-state index contributed by atoms with van der Waals surface area (Å²) in [5, 5.41) is 3.55. The van der Waals surface area contributed by atoms with E-state index < -0.39 is 5.82 Å². The molecule has 3 aromatic heterocycles. The molecule has 1 N–H and O–H groups in total. The number of amides is 1. The van der Waals surface area contributed by atoms with Crippen molar-refractivity contribution in [3.63, 3.8) is 0 Å². The highest BCUT2D eigenvalue weighted by Crippen LogP contribution is 2.28. The zero-order valence-electron chi connectivity index (χ0n) is 15.0. The number of carbonyl (C=O) groups excluding carboxylic acids is 1. The van der Waals surface area contributed by atoms with Crippen molar-refractivity contribution in [3.8, 4) is 0 Å². The van der Waals surface area contributed by atoms with Crippen LogP contribution in [0.15, 0.2) is 67.5 Å². The Labute approximate surface area is 160 Å². The van der Waals surface area contributed by atoms with Crippen LogP contribution in [0.2, 0.25) is 0 Å². The largest absolute Gasteiger partial charge is 0.306 e. The Kier molecular flexibility index (Phi) is 4.72. The van der Waals surface area contributed by atoms with Gasteiger partial charge in [-0.05, 0) is 41.5 Å².